The van der Waals surface area contributed by atoms with E-state index in [4.69, 9.17) is 0 Å². The fraction of sp³-hybridized carbons (Fsp3) is 0.0625. The molecule has 0 aliphatic rings. The Morgan fingerprint density at radius 2 is 1.90 bits per heavy atom. The number of amides is 1. The molecule has 0 unspecified atom stereocenters. The number of carbonyl (C=O) groups is 1. The number of nitrogens with one attached hydrogen (secondary N) is 1. The average molecular weight is 346 g/mol. The molecule has 0 bridgehead atoms. The number of fused-ring (bicyclic) bond motifs is 1. The van der Waals surface area contributed by atoms with Gasteiger partial charge in [-0.3, -0.25) is 4.79 Å². The minimum atomic E-state index is 0.0138. The predicted molar refractivity (Wildman–Crippen MR) is 88.3 cm³/mol. The van der Waals surface area contributed by atoms with Crippen LogP contribution in [0.15, 0.2) is 57.7 Å². The van der Waals surface area contributed by atoms with Gasteiger partial charge in [-0.15, -0.1) is 0 Å². The van der Waals surface area contributed by atoms with E-state index < -0.39 is 0 Å². The van der Waals surface area contributed by atoms with Gasteiger partial charge in [0.2, 0.25) is 5.91 Å². The monoisotopic (exact) mass is 345 g/mol. The van der Waals surface area contributed by atoms with Crippen LogP contribution < -0.4 is 5.32 Å². The van der Waals surface area contributed by atoms with Gasteiger partial charge in [-0.25, -0.2) is 0 Å². The van der Waals surface area contributed by atoms with E-state index in [0.717, 1.165) is 26.5 Å². The Kier molecular flexibility index (Phi) is 3.85. The molecule has 20 heavy (non-hydrogen) atoms. The molecule has 3 rings (SSSR count). The molecule has 0 saturated heterocycles. The van der Waals surface area contributed by atoms with E-state index in [0.29, 0.717) is 6.42 Å². The van der Waals surface area contributed by atoms with Crippen LogP contribution in [-0.2, 0) is 11.2 Å². The number of carbonyl (C=O) groups excluding carboxylic acids is 1. The predicted octanol–water partition coefficient (Wildman–Crippen LogP) is 4.85. The topological polar surface area (TPSA) is 29.1 Å². The molecule has 1 aromatic heterocycles. The van der Waals surface area contributed by atoms with E-state index in [1.165, 1.54) is 0 Å². The van der Waals surface area contributed by atoms with Crippen LogP contribution in [0.1, 0.15) is 5.56 Å². The lowest BCUT2D eigenvalue weighted by molar-refractivity contribution is -0.115. The Morgan fingerprint density at radius 1 is 1.10 bits per heavy atom. The largest absolute Gasteiger partial charge is 0.326 e. The number of benzene rings is 2. The number of rotatable bonds is 3. The first-order chi connectivity index (χ1) is 9.70. The molecular formula is C16H12BrNOS. The highest BCUT2D eigenvalue weighted by atomic mass is 79.9. The van der Waals surface area contributed by atoms with Crippen molar-refractivity contribution in [3.05, 3.63) is 63.3 Å². The van der Waals surface area contributed by atoms with Gasteiger partial charge >= 0.3 is 0 Å². The molecule has 3 aromatic rings. The Balaban J connectivity index is 1.77. The third-order valence-corrected chi connectivity index (χ3v) is 4.26. The molecule has 100 valence electrons. The quantitative estimate of drug-likeness (QED) is 0.722. The van der Waals surface area contributed by atoms with Gasteiger partial charge in [0.25, 0.3) is 0 Å². The third-order valence-electron chi connectivity index (χ3n) is 3.03. The van der Waals surface area contributed by atoms with E-state index in [9.17, 15) is 4.79 Å². The normalized spacial score (nSPS) is 10.7. The second-order valence-electron chi connectivity index (χ2n) is 4.56. The van der Waals surface area contributed by atoms with Gasteiger partial charge in [0.15, 0.2) is 0 Å². The second-order valence-corrected chi connectivity index (χ2v) is 6.26. The first-order valence-electron chi connectivity index (χ1n) is 6.21. The number of anilines is 1. The smallest absolute Gasteiger partial charge is 0.228 e. The van der Waals surface area contributed by atoms with E-state index >= 15 is 0 Å². The molecule has 2 nitrogen and oxygen atoms in total. The van der Waals surface area contributed by atoms with E-state index in [1.807, 2.05) is 47.2 Å². The Morgan fingerprint density at radius 3 is 2.70 bits per heavy atom. The van der Waals surface area contributed by atoms with Gasteiger partial charge in [-0.05, 0) is 57.4 Å². The number of hydrogen-bond donors (Lipinski definition) is 1. The minimum absolute atomic E-state index is 0.0138. The van der Waals surface area contributed by atoms with Crippen LogP contribution in [0.2, 0.25) is 0 Å². The highest BCUT2D eigenvalue weighted by Gasteiger charge is 2.05. The zero-order valence-corrected chi connectivity index (χ0v) is 13.0. The van der Waals surface area contributed by atoms with Crippen molar-refractivity contribution in [2.75, 3.05) is 5.32 Å². The lowest BCUT2D eigenvalue weighted by Crippen LogP contribution is -2.13. The zero-order chi connectivity index (χ0) is 13.9. The maximum Gasteiger partial charge on any atom is 0.228 e. The molecule has 0 spiro atoms. The molecule has 2 aromatic carbocycles. The summed E-state index contributed by atoms with van der Waals surface area (Å²) in [7, 11) is 0. The highest BCUT2D eigenvalue weighted by Crippen LogP contribution is 2.23. The van der Waals surface area contributed by atoms with Crippen molar-refractivity contribution in [1.29, 1.82) is 0 Å². The van der Waals surface area contributed by atoms with Crippen molar-refractivity contribution < 1.29 is 4.79 Å². The summed E-state index contributed by atoms with van der Waals surface area (Å²) < 4.78 is 1.05. The van der Waals surface area contributed by atoms with Crippen LogP contribution in [0.4, 0.5) is 5.69 Å². The number of halogens is 1. The molecule has 0 aliphatic carbocycles. The Labute approximate surface area is 129 Å². The summed E-state index contributed by atoms with van der Waals surface area (Å²) in [6, 6.07) is 14.0. The molecule has 0 aliphatic heterocycles. The van der Waals surface area contributed by atoms with Crippen LogP contribution in [0, 0.1) is 0 Å². The first-order valence-corrected chi connectivity index (χ1v) is 7.94. The van der Waals surface area contributed by atoms with Gasteiger partial charge in [-0.1, -0.05) is 28.1 Å². The molecule has 1 N–H and O–H groups in total. The van der Waals surface area contributed by atoms with Gasteiger partial charge < -0.3 is 5.32 Å². The van der Waals surface area contributed by atoms with Crippen molar-refractivity contribution in [2.24, 2.45) is 0 Å². The van der Waals surface area contributed by atoms with Gasteiger partial charge in [0, 0.05) is 10.2 Å². The molecule has 0 saturated carbocycles. The summed E-state index contributed by atoms with van der Waals surface area (Å²) in [6.07, 6.45) is 0.419. The van der Waals surface area contributed by atoms with Gasteiger partial charge in [-0.2, -0.15) is 11.3 Å². The Hall–Kier alpha value is -1.65. The molecule has 0 atom stereocenters. The standard InChI is InChI=1S/C16H12BrNOS/c17-14-3-1-13-9-15(4-2-12(13)8-14)18-16(19)7-11-5-6-20-10-11/h1-6,8-10H,7H2,(H,18,19). The summed E-state index contributed by atoms with van der Waals surface area (Å²) in [4.78, 5) is 12.0. The molecule has 0 fully saturated rings. The highest BCUT2D eigenvalue weighted by molar-refractivity contribution is 9.10. The minimum Gasteiger partial charge on any atom is -0.326 e. The molecule has 1 amide bonds. The second kappa shape index (κ2) is 5.77. The van der Waals surface area contributed by atoms with Gasteiger partial charge in [0.05, 0.1) is 6.42 Å². The molecular weight excluding hydrogens is 334 g/mol. The fourth-order valence-corrected chi connectivity index (χ4v) is 3.13. The summed E-state index contributed by atoms with van der Waals surface area (Å²) in [5.41, 5.74) is 1.89. The van der Waals surface area contributed by atoms with Crippen LogP contribution in [0.25, 0.3) is 10.8 Å². The SMILES string of the molecule is O=C(Cc1ccsc1)Nc1ccc2cc(Br)ccc2c1. The maximum absolute atomic E-state index is 12.0. The Bertz CT molecular complexity index is 752. The van der Waals surface area contributed by atoms with Crippen molar-refractivity contribution in [3.63, 3.8) is 0 Å². The molecule has 0 radical (unpaired) electrons. The van der Waals surface area contributed by atoms with Crippen molar-refractivity contribution in [2.45, 2.75) is 6.42 Å². The summed E-state index contributed by atoms with van der Waals surface area (Å²) >= 11 is 5.06. The van der Waals surface area contributed by atoms with E-state index in [-0.39, 0.29) is 5.91 Å². The van der Waals surface area contributed by atoms with Crippen LogP contribution in [0.3, 0.4) is 0 Å². The maximum atomic E-state index is 12.0. The number of thiophene rings is 1. The number of hydrogen-bond acceptors (Lipinski definition) is 2. The molecule has 4 heteroatoms. The summed E-state index contributed by atoms with van der Waals surface area (Å²) in [5, 5.41) is 9.18. The summed E-state index contributed by atoms with van der Waals surface area (Å²) in [6.45, 7) is 0. The van der Waals surface area contributed by atoms with E-state index in [1.54, 1.807) is 11.3 Å². The summed E-state index contributed by atoms with van der Waals surface area (Å²) in [5.74, 6) is 0.0138. The first kappa shape index (κ1) is 13.3. The van der Waals surface area contributed by atoms with Crippen LogP contribution >= 0.6 is 27.3 Å². The van der Waals surface area contributed by atoms with Crippen LogP contribution in [0.5, 0.6) is 0 Å². The van der Waals surface area contributed by atoms with Gasteiger partial charge in [0.1, 0.15) is 0 Å². The van der Waals surface area contributed by atoms with Crippen molar-refractivity contribution >= 4 is 49.6 Å². The average Bonchev–Trinajstić information content (AvgIpc) is 2.91. The van der Waals surface area contributed by atoms with Crippen molar-refractivity contribution in [1.82, 2.24) is 0 Å². The van der Waals surface area contributed by atoms with Crippen LogP contribution in [-0.4, -0.2) is 5.91 Å². The lowest BCUT2D eigenvalue weighted by atomic mass is 10.1. The fourth-order valence-electron chi connectivity index (χ4n) is 2.08. The van der Waals surface area contributed by atoms with E-state index in [2.05, 4.69) is 27.3 Å². The van der Waals surface area contributed by atoms with Crippen molar-refractivity contribution in [3.8, 4) is 0 Å². The third kappa shape index (κ3) is 3.08. The zero-order valence-electron chi connectivity index (χ0n) is 10.6. The molecule has 1 heterocycles. The lowest BCUT2D eigenvalue weighted by Gasteiger charge is -2.06.